The lowest BCUT2D eigenvalue weighted by atomic mass is 9.88. The molecule has 0 amide bonds. The van der Waals surface area contributed by atoms with E-state index >= 15 is 0 Å². The van der Waals surface area contributed by atoms with Gasteiger partial charge in [0, 0.05) is 31.7 Å². The standard InChI is InChI=1S/C13H26N2O2/c1-2-13(17)10-7-12(14-11-3-4-11)9-15(8-10)5-6-16/h10-14,16-17H,2-9H2,1H3. The van der Waals surface area contributed by atoms with Gasteiger partial charge in [0.15, 0.2) is 0 Å². The van der Waals surface area contributed by atoms with Gasteiger partial charge in [0.25, 0.3) is 0 Å². The van der Waals surface area contributed by atoms with Crippen LogP contribution in [0.1, 0.15) is 32.6 Å². The van der Waals surface area contributed by atoms with E-state index in [-0.39, 0.29) is 12.7 Å². The van der Waals surface area contributed by atoms with Gasteiger partial charge in [-0.15, -0.1) is 0 Å². The van der Waals surface area contributed by atoms with Gasteiger partial charge in [-0.3, -0.25) is 4.90 Å². The van der Waals surface area contributed by atoms with E-state index in [4.69, 9.17) is 5.11 Å². The number of piperidine rings is 1. The van der Waals surface area contributed by atoms with Crippen LogP contribution in [-0.2, 0) is 0 Å². The van der Waals surface area contributed by atoms with E-state index in [1.165, 1.54) is 12.8 Å². The molecule has 2 rings (SSSR count). The quantitative estimate of drug-likeness (QED) is 0.622. The smallest absolute Gasteiger partial charge is 0.0578 e. The van der Waals surface area contributed by atoms with E-state index in [2.05, 4.69) is 10.2 Å². The molecule has 0 bridgehead atoms. The van der Waals surface area contributed by atoms with Crippen LogP contribution < -0.4 is 5.32 Å². The Morgan fingerprint density at radius 2 is 2.06 bits per heavy atom. The summed E-state index contributed by atoms with van der Waals surface area (Å²) in [6.07, 6.45) is 4.32. The predicted molar refractivity (Wildman–Crippen MR) is 67.9 cm³/mol. The van der Waals surface area contributed by atoms with E-state index in [1.54, 1.807) is 0 Å². The van der Waals surface area contributed by atoms with Crippen molar-refractivity contribution in [2.45, 2.75) is 50.8 Å². The molecular weight excluding hydrogens is 216 g/mol. The minimum absolute atomic E-state index is 0.194. The Kier molecular flexibility index (Phi) is 4.79. The van der Waals surface area contributed by atoms with Gasteiger partial charge < -0.3 is 15.5 Å². The zero-order chi connectivity index (χ0) is 12.3. The van der Waals surface area contributed by atoms with Crippen LogP contribution in [0.5, 0.6) is 0 Å². The predicted octanol–water partition coefficient (Wildman–Crippen LogP) is 0.192. The van der Waals surface area contributed by atoms with Gasteiger partial charge in [0.2, 0.25) is 0 Å². The van der Waals surface area contributed by atoms with Gasteiger partial charge in [-0.25, -0.2) is 0 Å². The molecule has 0 aromatic heterocycles. The van der Waals surface area contributed by atoms with E-state index in [0.29, 0.717) is 18.0 Å². The first-order valence-corrected chi connectivity index (χ1v) is 7.00. The molecule has 1 aliphatic carbocycles. The first-order valence-electron chi connectivity index (χ1n) is 7.00. The summed E-state index contributed by atoms with van der Waals surface area (Å²) in [6.45, 7) is 4.93. The molecular formula is C13H26N2O2. The molecule has 0 spiro atoms. The van der Waals surface area contributed by atoms with Crippen LogP contribution in [0, 0.1) is 5.92 Å². The molecule has 4 heteroatoms. The van der Waals surface area contributed by atoms with Crippen molar-refractivity contribution in [3.63, 3.8) is 0 Å². The summed E-state index contributed by atoms with van der Waals surface area (Å²) in [5.41, 5.74) is 0. The topological polar surface area (TPSA) is 55.7 Å². The lowest BCUT2D eigenvalue weighted by Crippen LogP contribution is -2.52. The van der Waals surface area contributed by atoms with Gasteiger partial charge in [-0.1, -0.05) is 6.92 Å². The molecule has 1 aliphatic heterocycles. The Morgan fingerprint density at radius 1 is 1.29 bits per heavy atom. The van der Waals surface area contributed by atoms with Crippen LogP contribution in [0.25, 0.3) is 0 Å². The Labute approximate surface area is 104 Å². The number of β-amino-alcohol motifs (C(OH)–C–C–N with tert-alkyl or cyclic N) is 1. The lowest BCUT2D eigenvalue weighted by molar-refractivity contribution is 0.0297. The highest BCUT2D eigenvalue weighted by Gasteiger charge is 2.33. The lowest BCUT2D eigenvalue weighted by Gasteiger charge is -2.39. The zero-order valence-corrected chi connectivity index (χ0v) is 10.8. The van der Waals surface area contributed by atoms with Crippen molar-refractivity contribution < 1.29 is 10.2 Å². The van der Waals surface area contributed by atoms with Crippen molar-refractivity contribution in [2.75, 3.05) is 26.2 Å². The molecule has 3 unspecified atom stereocenters. The summed E-state index contributed by atoms with van der Waals surface area (Å²) in [5.74, 6) is 0.358. The second-order valence-corrected chi connectivity index (χ2v) is 5.59. The molecule has 3 N–H and O–H groups in total. The molecule has 17 heavy (non-hydrogen) atoms. The fourth-order valence-electron chi connectivity index (χ4n) is 2.87. The van der Waals surface area contributed by atoms with E-state index in [9.17, 15) is 5.11 Å². The Balaban J connectivity index is 1.88. The third-order valence-electron chi connectivity index (χ3n) is 3.99. The van der Waals surface area contributed by atoms with Crippen LogP contribution in [0.3, 0.4) is 0 Å². The van der Waals surface area contributed by atoms with Gasteiger partial charge in [0.05, 0.1) is 12.7 Å². The normalized spacial score (nSPS) is 32.6. The van der Waals surface area contributed by atoms with Crippen LogP contribution in [0.15, 0.2) is 0 Å². The summed E-state index contributed by atoms with van der Waals surface area (Å²) < 4.78 is 0. The molecule has 2 aliphatic rings. The first-order chi connectivity index (χ1) is 8.22. The highest BCUT2D eigenvalue weighted by molar-refractivity contribution is 4.91. The SMILES string of the molecule is CCC(O)C1CC(NC2CC2)CN(CCO)C1. The number of rotatable bonds is 6. The van der Waals surface area contributed by atoms with Crippen molar-refractivity contribution in [3.05, 3.63) is 0 Å². The van der Waals surface area contributed by atoms with Crippen molar-refractivity contribution in [1.29, 1.82) is 0 Å². The second-order valence-electron chi connectivity index (χ2n) is 5.59. The van der Waals surface area contributed by atoms with Crippen molar-refractivity contribution in [3.8, 4) is 0 Å². The Hall–Kier alpha value is -0.160. The average molecular weight is 242 g/mol. The van der Waals surface area contributed by atoms with E-state index in [0.717, 1.165) is 32.5 Å². The summed E-state index contributed by atoms with van der Waals surface area (Å²) in [6, 6.07) is 1.21. The molecule has 100 valence electrons. The summed E-state index contributed by atoms with van der Waals surface area (Å²) in [7, 11) is 0. The molecule has 3 atom stereocenters. The number of hydrogen-bond donors (Lipinski definition) is 3. The van der Waals surface area contributed by atoms with Gasteiger partial charge in [-0.2, -0.15) is 0 Å². The number of hydrogen-bond acceptors (Lipinski definition) is 4. The van der Waals surface area contributed by atoms with Gasteiger partial charge >= 0.3 is 0 Å². The zero-order valence-electron chi connectivity index (χ0n) is 10.8. The highest BCUT2D eigenvalue weighted by atomic mass is 16.3. The fourth-order valence-corrected chi connectivity index (χ4v) is 2.87. The highest BCUT2D eigenvalue weighted by Crippen LogP contribution is 2.26. The number of aliphatic hydroxyl groups is 2. The second kappa shape index (κ2) is 6.14. The largest absolute Gasteiger partial charge is 0.395 e. The molecule has 1 saturated carbocycles. The van der Waals surface area contributed by atoms with E-state index < -0.39 is 0 Å². The molecule has 0 aromatic rings. The van der Waals surface area contributed by atoms with Crippen LogP contribution in [-0.4, -0.2) is 59.5 Å². The maximum absolute atomic E-state index is 10.0. The minimum Gasteiger partial charge on any atom is -0.395 e. The third-order valence-corrected chi connectivity index (χ3v) is 3.99. The van der Waals surface area contributed by atoms with Gasteiger partial charge in [-0.05, 0) is 31.6 Å². The summed E-state index contributed by atoms with van der Waals surface area (Å²) in [4.78, 5) is 2.28. The molecule has 2 fully saturated rings. The number of nitrogens with one attached hydrogen (secondary N) is 1. The maximum atomic E-state index is 10.0. The van der Waals surface area contributed by atoms with Crippen molar-refractivity contribution in [1.82, 2.24) is 10.2 Å². The molecule has 0 radical (unpaired) electrons. The molecule has 4 nitrogen and oxygen atoms in total. The molecule has 1 heterocycles. The molecule has 0 aromatic carbocycles. The van der Waals surface area contributed by atoms with Crippen LogP contribution >= 0.6 is 0 Å². The first kappa shape index (κ1) is 13.3. The number of aliphatic hydroxyl groups excluding tert-OH is 2. The fraction of sp³-hybridized carbons (Fsp3) is 1.00. The number of likely N-dealkylation sites (tertiary alicyclic amines) is 1. The minimum atomic E-state index is -0.194. The van der Waals surface area contributed by atoms with Gasteiger partial charge in [0.1, 0.15) is 0 Å². The Morgan fingerprint density at radius 3 is 2.65 bits per heavy atom. The van der Waals surface area contributed by atoms with E-state index in [1.807, 2.05) is 6.92 Å². The molecule has 1 saturated heterocycles. The average Bonchev–Trinajstić information content (AvgIpc) is 3.12. The maximum Gasteiger partial charge on any atom is 0.0578 e. The summed E-state index contributed by atoms with van der Waals surface area (Å²) >= 11 is 0. The number of nitrogens with zero attached hydrogens (tertiary/aromatic N) is 1. The monoisotopic (exact) mass is 242 g/mol. The van der Waals surface area contributed by atoms with Crippen molar-refractivity contribution >= 4 is 0 Å². The van der Waals surface area contributed by atoms with Crippen LogP contribution in [0.2, 0.25) is 0 Å². The van der Waals surface area contributed by atoms with Crippen molar-refractivity contribution in [2.24, 2.45) is 5.92 Å². The third kappa shape index (κ3) is 3.91. The summed E-state index contributed by atoms with van der Waals surface area (Å²) in [5, 5.41) is 22.7. The van der Waals surface area contributed by atoms with Crippen LogP contribution in [0.4, 0.5) is 0 Å². The Bertz CT molecular complexity index is 233.